The molecule has 0 unspecified atom stereocenters. The Kier molecular flexibility index (Phi) is 3.62. The fourth-order valence-electron chi connectivity index (χ4n) is 3.24. The molecule has 106 valence electrons. The molecule has 3 rings (SSSR count). The van der Waals surface area contributed by atoms with Gasteiger partial charge in [-0.1, -0.05) is 25.0 Å². The van der Waals surface area contributed by atoms with Crippen LogP contribution < -0.4 is 5.32 Å². The van der Waals surface area contributed by atoms with E-state index in [1.54, 1.807) is 0 Å². The lowest BCUT2D eigenvalue weighted by atomic mass is 10.0. The summed E-state index contributed by atoms with van der Waals surface area (Å²) in [7, 11) is 0. The van der Waals surface area contributed by atoms with Gasteiger partial charge < -0.3 is 10.3 Å². The summed E-state index contributed by atoms with van der Waals surface area (Å²) in [5.41, 5.74) is 4.27. The van der Waals surface area contributed by atoms with Gasteiger partial charge in [0.2, 0.25) is 0 Å². The Labute approximate surface area is 119 Å². The van der Waals surface area contributed by atoms with Crippen LogP contribution in [-0.4, -0.2) is 23.4 Å². The van der Waals surface area contributed by atoms with E-state index in [1.807, 2.05) is 6.20 Å². The molecule has 0 bridgehead atoms. The minimum Gasteiger partial charge on any atom is -0.360 e. The van der Waals surface area contributed by atoms with Crippen LogP contribution in [0.2, 0.25) is 0 Å². The van der Waals surface area contributed by atoms with Crippen molar-refractivity contribution in [2.24, 2.45) is 0 Å². The number of aromatic nitrogens is 1. The van der Waals surface area contributed by atoms with E-state index < -0.39 is 0 Å². The molecule has 1 aliphatic rings. The number of H-pyrrole nitrogens is 1. The molecule has 0 spiro atoms. The number of rotatable bonds is 4. The molecule has 2 N–H and O–H groups in total. The lowest BCUT2D eigenvalue weighted by Crippen LogP contribution is -2.31. The topological polar surface area (TPSA) is 44.9 Å². The van der Waals surface area contributed by atoms with Gasteiger partial charge in [0.25, 0.3) is 0 Å². The van der Waals surface area contributed by atoms with Crippen molar-refractivity contribution in [1.29, 1.82) is 0 Å². The van der Waals surface area contributed by atoms with Crippen LogP contribution in [0.25, 0.3) is 10.9 Å². The third-order valence-electron chi connectivity index (χ3n) is 4.46. The first-order chi connectivity index (χ1) is 9.66. The zero-order valence-corrected chi connectivity index (χ0v) is 12.3. The number of aromatic amines is 1. The summed E-state index contributed by atoms with van der Waals surface area (Å²) in [6, 6.07) is 4.72. The van der Waals surface area contributed by atoms with Crippen LogP contribution in [0.15, 0.2) is 18.3 Å². The molecule has 1 fully saturated rings. The van der Waals surface area contributed by atoms with Gasteiger partial charge in [0.15, 0.2) is 5.78 Å². The number of hydrogen-bond donors (Lipinski definition) is 2. The van der Waals surface area contributed by atoms with Crippen molar-refractivity contribution in [2.75, 3.05) is 6.54 Å². The maximum atomic E-state index is 12.5. The molecular formula is C17H22N2O. The Morgan fingerprint density at radius 2 is 1.95 bits per heavy atom. The Hall–Kier alpha value is -1.61. The standard InChI is InChI=1S/C17H22N2O/c1-11-7-8-12(2)17-16(11)14(9-19-17)15(20)10-18-13-5-3-4-6-13/h7-9,13,18-19H,3-6,10H2,1-2H3. The zero-order valence-electron chi connectivity index (χ0n) is 12.3. The monoisotopic (exact) mass is 270 g/mol. The van der Waals surface area contributed by atoms with Crippen molar-refractivity contribution in [3.05, 3.63) is 35.0 Å². The van der Waals surface area contributed by atoms with Gasteiger partial charge >= 0.3 is 0 Å². The van der Waals surface area contributed by atoms with E-state index in [-0.39, 0.29) is 5.78 Å². The van der Waals surface area contributed by atoms with Crippen LogP contribution in [0.4, 0.5) is 0 Å². The number of carbonyl (C=O) groups is 1. The van der Waals surface area contributed by atoms with Gasteiger partial charge in [-0.15, -0.1) is 0 Å². The number of Topliss-reactive ketones (excluding diaryl/α,β-unsaturated/α-hetero) is 1. The largest absolute Gasteiger partial charge is 0.360 e. The van der Waals surface area contributed by atoms with Crippen molar-refractivity contribution in [2.45, 2.75) is 45.6 Å². The van der Waals surface area contributed by atoms with Crippen LogP contribution in [0.5, 0.6) is 0 Å². The van der Waals surface area contributed by atoms with Gasteiger partial charge in [-0.25, -0.2) is 0 Å². The van der Waals surface area contributed by atoms with Crippen LogP contribution in [0, 0.1) is 13.8 Å². The van der Waals surface area contributed by atoms with E-state index in [0.717, 1.165) is 22.0 Å². The van der Waals surface area contributed by atoms with Gasteiger partial charge in [-0.05, 0) is 37.8 Å². The summed E-state index contributed by atoms with van der Waals surface area (Å²) in [4.78, 5) is 15.7. The number of carbonyl (C=O) groups excluding carboxylic acids is 1. The average molecular weight is 270 g/mol. The first-order valence-corrected chi connectivity index (χ1v) is 7.50. The second-order valence-corrected chi connectivity index (χ2v) is 5.94. The molecule has 0 radical (unpaired) electrons. The molecule has 0 amide bonds. The highest BCUT2D eigenvalue weighted by Gasteiger charge is 2.18. The first kappa shape index (κ1) is 13.4. The number of aryl methyl sites for hydroxylation is 2. The van der Waals surface area contributed by atoms with E-state index in [4.69, 9.17) is 0 Å². The zero-order chi connectivity index (χ0) is 14.1. The Morgan fingerprint density at radius 3 is 2.70 bits per heavy atom. The van der Waals surface area contributed by atoms with Crippen molar-refractivity contribution < 1.29 is 4.79 Å². The molecule has 20 heavy (non-hydrogen) atoms. The average Bonchev–Trinajstić information content (AvgIpc) is 3.09. The smallest absolute Gasteiger partial charge is 0.178 e. The normalized spacial score (nSPS) is 16.1. The Balaban J connectivity index is 1.82. The van der Waals surface area contributed by atoms with Gasteiger partial charge in [0.05, 0.1) is 6.54 Å². The third kappa shape index (κ3) is 2.38. The van der Waals surface area contributed by atoms with E-state index in [0.29, 0.717) is 12.6 Å². The molecule has 0 saturated heterocycles. The van der Waals surface area contributed by atoms with Gasteiger partial charge in [0.1, 0.15) is 0 Å². The Morgan fingerprint density at radius 1 is 1.25 bits per heavy atom. The highest BCUT2D eigenvalue weighted by Crippen LogP contribution is 2.25. The predicted octanol–water partition coefficient (Wildman–Crippen LogP) is 3.50. The summed E-state index contributed by atoms with van der Waals surface area (Å²) in [5.74, 6) is 0.192. The molecule has 2 aromatic rings. The van der Waals surface area contributed by atoms with Crippen LogP contribution in [0.3, 0.4) is 0 Å². The molecule has 1 heterocycles. The van der Waals surface area contributed by atoms with E-state index in [9.17, 15) is 4.79 Å². The van der Waals surface area contributed by atoms with E-state index >= 15 is 0 Å². The number of ketones is 1. The van der Waals surface area contributed by atoms with Gasteiger partial charge in [-0.2, -0.15) is 0 Å². The number of nitrogens with one attached hydrogen (secondary N) is 2. The van der Waals surface area contributed by atoms with Crippen molar-refractivity contribution in [3.8, 4) is 0 Å². The van der Waals surface area contributed by atoms with Crippen LogP contribution in [0.1, 0.15) is 47.2 Å². The fourth-order valence-corrected chi connectivity index (χ4v) is 3.24. The molecule has 3 nitrogen and oxygen atoms in total. The highest BCUT2D eigenvalue weighted by molar-refractivity contribution is 6.10. The quantitative estimate of drug-likeness (QED) is 0.835. The highest BCUT2D eigenvalue weighted by atomic mass is 16.1. The molecule has 1 aromatic carbocycles. The minimum absolute atomic E-state index is 0.192. The summed E-state index contributed by atoms with van der Waals surface area (Å²) < 4.78 is 0. The SMILES string of the molecule is Cc1ccc(C)c2c(C(=O)CNC3CCCC3)c[nH]c12. The molecule has 3 heteroatoms. The molecule has 0 aliphatic heterocycles. The predicted molar refractivity (Wildman–Crippen MR) is 82.4 cm³/mol. The van der Waals surface area contributed by atoms with Gasteiger partial charge in [0, 0.05) is 28.7 Å². The summed E-state index contributed by atoms with van der Waals surface area (Å²) in [6.45, 7) is 4.59. The lowest BCUT2D eigenvalue weighted by Gasteiger charge is -2.10. The minimum atomic E-state index is 0.192. The first-order valence-electron chi connectivity index (χ1n) is 7.50. The molecular weight excluding hydrogens is 248 g/mol. The van der Waals surface area contributed by atoms with E-state index in [2.05, 4.69) is 36.3 Å². The third-order valence-corrected chi connectivity index (χ3v) is 4.46. The molecule has 0 atom stereocenters. The van der Waals surface area contributed by atoms with Crippen molar-refractivity contribution in [1.82, 2.24) is 10.3 Å². The molecule has 1 aliphatic carbocycles. The van der Waals surface area contributed by atoms with Crippen LogP contribution >= 0.6 is 0 Å². The van der Waals surface area contributed by atoms with Crippen molar-refractivity contribution in [3.63, 3.8) is 0 Å². The van der Waals surface area contributed by atoms with Gasteiger partial charge in [-0.3, -0.25) is 4.79 Å². The fraction of sp³-hybridized carbons (Fsp3) is 0.471. The second kappa shape index (κ2) is 5.41. The lowest BCUT2D eigenvalue weighted by molar-refractivity contribution is 0.0989. The maximum absolute atomic E-state index is 12.5. The second-order valence-electron chi connectivity index (χ2n) is 5.94. The van der Waals surface area contributed by atoms with Crippen LogP contribution in [-0.2, 0) is 0 Å². The number of benzene rings is 1. The molecule has 1 aromatic heterocycles. The number of fused-ring (bicyclic) bond motifs is 1. The summed E-state index contributed by atoms with van der Waals surface area (Å²) in [6.07, 6.45) is 6.86. The Bertz CT molecular complexity index is 636. The summed E-state index contributed by atoms with van der Waals surface area (Å²) in [5, 5.41) is 4.49. The molecule has 1 saturated carbocycles. The van der Waals surface area contributed by atoms with E-state index in [1.165, 1.54) is 31.2 Å². The van der Waals surface area contributed by atoms with Crippen molar-refractivity contribution >= 4 is 16.7 Å². The summed E-state index contributed by atoms with van der Waals surface area (Å²) >= 11 is 0. The maximum Gasteiger partial charge on any atom is 0.178 e. The number of hydrogen-bond acceptors (Lipinski definition) is 2.